The number of esters is 1. The molecule has 0 radical (unpaired) electrons. The van der Waals surface area contributed by atoms with Gasteiger partial charge >= 0.3 is 12.1 Å². The predicted octanol–water partition coefficient (Wildman–Crippen LogP) is 4.02. The second-order valence-corrected chi connectivity index (χ2v) is 7.25. The van der Waals surface area contributed by atoms with E-state index in [4.69, 9.17) is 9.47 Å². The molecule has 1 heterocycles. The maximum atomic E-state index is 12.5. The van der Waals surface area contributed by atoms with Crippen molar-refractivity contribution in [2.75, 3.05) is 25.0 Å². The minimum atomic E-state index is -0.399. The van der Waals surface area contributed by atoms with E-state index in [-0.39, 0.29) is 17.8 Å². The molecule has 0 saturated carbocycles. The molecule has 1 unspecified atom stereocenters. The first-order chi connectivity index (χ1) is 14.5. The number of hydrogen-bond donors (Lipinski definition) is 1. The molecule has 7 nitrogen and oxygen atoms in total. The van der Waals surface area contributed by atoms with Gasteiger partial charge in [0.15, 0.2) is 0 Å². The lowest BCUT2D eigenvalue weighted by molar-refractivity contribution is -0.140. The smallest absolute Gasteiger partial charge is 0.409 e. The third-order valence-corrected chi connectivity index (χ3v) is 4.89. The monoisotopic (exact) mass is 410 g/mol. The maximum absolute atomic E-state index is 12.5. The first-order valence-electron chi connectivity index (χ1n) is 10.1. The Morgan fingerprint density at radius 2 is 1.90 bits per heavy atom. The van der Waals surface area contributed by atoms with Crippen LogP contribution in [0.3, 0.4) is 0 Å². The molecule has 0 spiro atoms. The zero-order valence-electron chi connectivity index (χ0n) is 17.2. The molecule has 1 aliphatic heterocycles. The molecule has 3 rings (SSSR count). The van der Waals surface area contributed by atoms with Gasteiger partial charge in [-0.2, -0.15) is 0 Å². The van der Waals surface area contributed by atoms with Crippen molar-refractivity contribution >= 4 is 23.7 Å². The van der Waals surface area contributed by atoms with Crippen LogP contribution in [0.1, 0.15) is 35.7 Å². The lowest BCUT2D eigenvalue weighted by atomic mass is 9.98. The molecular formula is C23H26N2O5. The number of benzene rings is 2. The Morgan fingerprint density at radius 1 is 1.13 bits per heavy atom. The van der Waals surface area contributed by atoms with Crippen molar-refractivity contribution in [2.24, 2.45) is 5.92 Å². The Morgan fingerprint density at radius 3 is 2.60 bits per heavy atom. The van der Waals surface area contributed by atoms with Crippen LogP contribution >= 0.6 is 0 Å². The average molecular weight is 410 g/mol. The summed E-state index contributed by atoms with van der Waals surface area (Å²) in [5.41, 5.74) is 2.19. The van der Waals surface area contributed by atoms with Gasteiger partial charge in [-0.1, -0.05) is 17.7 Å². The predicted molar refractivity (Wildman–Crippen MR) is 113 cm³/mol. The summed E-state index contributed by atoms with van der Waals surface area (Å²) in [7, 11) is 0. The second-order valence-electron chi connectivity index (χ2n) is 7.25. The van der Waals surface area contributed by atoms with E-state index in [1.165, 1.54) is 0 Å². The molecule has 1 atom stereocenters. The molecule has 2 amide bonds. The largest absolute Gasteiger partial charge is 0.450 e. The Bertz CT molecular complexity index is 910. The van der Waals surface area contributed by atoms with Gasteiger partial charge in [0.1, 0.15) is 5.75 Å². The third-order valence-electron chi connectivity index (χ3n) is 4.89. The molecule has 7 heteroatoms. The fourth-order valence-electron chi connectivity index (χ4n) is 3.35. The molecule has 0 aliphatic carbocycles. The highest BCUT2D eigenvalue weighted by molar-refractivity contribution is 6.04. The van der Waals surface area contributed by atoms with Crippen molar-refractivity contribution in [1.82, 2.24) is 4.90 Å². The summed E-state index contributed by atoms with van der Waals surface area (Å²) in [5.74, 6) is -0.573. The van der Waals surface area contributed by atoms with Crippen LogP contribution in [0.4, 0.5) is 10.5 Å². The number of nitrogens with zero attached hydrogens (tertiary/aromatic N) is 1. The van der Waals surface area contributed by atoms with E-state index < -0.39 is 6.09 Å². The Kier molecular flexibility index (Phi) is 7.06. The molecule has 1 N–H and O–H groups in total. The minimum Gasteiger partial charge on any atom is -0.450 e. The van der Waals surface area contributed by atoms with Gasteiger partial charge in [0.2, 0.25) is 0 Å². The summed E-state index contributed by atoms with van der Waals surface area (Å²) in [6.45, 7) is 4.86. The van der Waals surface area contributed by atoms with E-state index in [9.17, 15) is 14.4 Å². The molecule has 0 bridgehead atoms. The highest BCUT2D eigenvalue weighted by Gasteiger charge is 2.30. The fraction of sp³-hybridized carbons (Fsp3) is 0.348. The van der Waals surface area contributed by atoms with Gasteiger partial charge in [-0.25, -0.2) is 4.79 Å². The number of carbonyl (C=O) groups is 3. The van der Waals surface area contributed by atoms with Gasteiger partial charge in [0.05, 0.1) is 12.5 Å². The zero-order chi connectivity index (χ0) is 21.5. The molecule has 1 saturated heterocycles. The standard InChI is InChI=1S/C23H26N2O5/c1-3-29-23(28)25-13-5-8-18(15-25)22(27)30-20-11-9-19(10-12-20)24-21(26)17-7-4-6-16(2)14-17/h4,6-7,9-12,14,18H,3,5,8,13,15H2,1-2H3,(H,24,26). The summed E-state index contributed by atoms with van der Waals surface area (Å²) >= 11 is 0. The Labute approximate surface area is 176 Å². The van der Waals surface area contributed by atoms with E-state index in [1.54, 1.807) is 42.2 Å². The summed E-state index contributed by atoms with van der Waals surface area (Å²) in [5, 5.41) is 2.82. The van der Waals surface area contributed by atoms with E-state index in [0.717, 1.165) is 12.0 Å². The van der Waals surface area contributed by atoms with E-state index in [2.05, 4.69) is 5.32 Å². The highest BCUT2D eigenvalue weighted by atomic mass is 16.6. The quantitative estimate of drug-likeness (QED) is 0.594. The first-order valence-corrected chi connectivity index (χ1v) is 10.1. The number of piperidine rings is 1. The number of ether oxygens (including phenoxy) is 2. The van der Waals surface area contributed by atoms with Crippen molar-refractivity contribution in [2.45, 2.75) is 26.7 Å². The van der Waals surface area contributed by atoms with Gasteiger partial charge in [-0.15, -0.1) is 0 Å². The summed E-state index contributed by atoms with van der Waals surface area (Å²) in [6.07, 6.45) is 0.991. The lowest BCUT2D eigenvalue weighted by Crippen LogP contribution is -2.43. The maximum Gasteiger partial charge on any atom is 0.409 e. The molecule has 2 aromatic rings. The zero-order valence-corrected chi connectivity index (χ0v) is 17.2. The first kappa shape index (κ1) is 21.4. The van der Waals surface area contributed by atoms with Crippen LogP contribution in [0, 0.1) is 12.8 Å². The van der Waals surface area contributed by atoms with Crippen molar-refractivity contribution in [3.63, 3.8) is 0 Å². The normalized spacial score (nSPS) is 15.9. The number of likely N-dealkylation sites (tertiary alicyclic amines) is 1. The number of hydrogen-bond acceptors (Lipinski definition) is 5. The molecule has 158 valence electrons. The number of nitrogens with one attached hydrogen (secondary N) is 1. The summed E-state index contributed by atoms with van der Waals surface area (Å²) < 4.78 is 10.5. The number of rotatable bonds is 5. The average Bonchev–Trinajstić information content (AvgIpc) is 2.75. The number of amides is 2. The summed E-state index contributed by atoms with van der Waals surface area (Å²) in [4.78, 5) is 38.3. The molecule has 2 aromatic carbocycles. The van der Waals surface area contributed by atoms with Crippen molar-refractivity contribution in [3.8, 4) is 5.75 Å². The Hall–Kier alpha value is -3.35. The van der Waals surface area contributed by atoms with Crippen LogP contribution in [0.2, 0.25) is 0 Å². The van der Waals surface area contributed by atoms with Crippen LogP contribution in [0.15, 0.2) is 48.5 Å². The van der Waals surface area contributed by atoms with Crippen LogP contribution in [0.25, 0.3) is 0 Å². The molecule has 0 aromatic heterocycles. The van der Waals surface area contributed by atoms with Crippen molar-refractivity contribution in [3.05, 3.63) is 59.7 Å². The molecule has 1 fully saturated rings. The van der Waals surface area contributed by atoms with Gasteiger partial charge in [-0.3, -0.25) is 9.59 Å². The van der Waals surface area contributed by atoms with Gasteiger partial charge < -0.3 is 19.7 Å². The number of aryl methyl sites for hydroxylation is 1. The number of anilines is 1. The van der Waals surface area contributed by atoms with Crippen LogP contribution in [0.5, 0.6) is 5.75 Å². The van der Waals surface area contributed by atoms with Gasteiger partial charge in [0, 0.05) is 24.3 Å². The molecule has 30 heavy (non-hydrogen) atoms. The van der Waals surface area contributed by atoms with E-state index in [0.29, 0.717) is 43.1 Å². The van der Waals surface area contributed by atoms with Crippen LogP contribution < -0.4 is 10.1 Å². The minimum absolute atomic E-state index is 0.204. The van der Waals surface area contributed by atoms with Crippen LogP contribution in [-0.2, 0) is 9.53 Å². The van der Waals surface area contributed by atoms with Crippen molar-refractivity contribution in [1.29, 1.82) is 0 Å². The Balaban J connectivity index is 1.55. The molecule has 1 aliphatic rings. The van der Waals surface area contributed by atoms with Crippen LogP contribution in [-0.4, -0.2) is 42.6 Å². The van der Waals surface area contributed by atoms with E-state index in [1.807, 2.05) is 25.1 Å². The number of carbonyl (C=O) groups excluding carboxylic acids is 3. The van der Waals surface area contributed by atoms with Gasteiger partial charge in [0.25, 0.3) is 5.91 Å². The summed E-state index contributed by atoms with van der Waals surface area (Å²) in [6, 6.07) is 14.0. The van der Waals surface area contributed by atoms with Crippen molar-refractivity contribution < 1.29 is 23.9 Å². The topological polar surface area (TPSA) is 84.9 Å². The third kappa shape index (κ3) is 5.59. The SMILES string of the molecule is CCOC(=O)N1CCCC(C(=O)Oc2ccc(NC(=O)c3cccc(C)c3)cc2)C1. The lowest BCUT2D eigenvalue weighted by Gasteiger charge is -2.30. The second kappa shape index (κ2) is 9.91. The van der Waals surface area contributed by atoms with E-state index >= 15 is 0 Å². The molecular weight excluding hydrogens is 384 g/mol. The fourth-order valence-corrected chi connectivity index (χ4v) is 3.35. The highest BCUT2D eigenvalue weighted by Crippen LogP contribution is 2.22. The van der Waals surface area contributed by atoms with Gasteiger partial charge in [-0.05, 0) is 63.1 Å².